The van der Waals surface area contributed by atoms with Crippen LogP contribution in [0.15, 0.2) is 97.2 Å². The Labute approximate surface area is 195 Å². The molecule has 0 fully saturated rings. The lowest BCUT2D eigenvalue weighted by molar-refractivity contribution is -0.118. The smallest absolute Gasteiger partial charge is 0.233 e. The number of fused-ring (bicyclic) bond motifs is 1. The van der Waals surface area contributed by atoms with Crippen LogP contribution in [0.4, 0.5) is 9.52 Å². The van der Waals surface area contributed by atoms with Gasteiger partial charge in [-0.1, -0.05) is 72.0 Å². The molecule has 2 aromatic heterocycles. The molecule has 0 spiro atoms. The highest BCUT2D eigenvalue weighted by molar-refractivity contribution is 7.22. The molecule has 0 aliphatic rings. The second-order valence-electron chi connectivity index (χ2n) is 7.65. The van der Waals surface area contributed by atoms with E-state index in [1.165, 1.54) is 23.5 Å². The fourth-order valence-electron chi connectivity index (χ4n) is 3.63. The number of aromatic nitrogens is 2. The first kappa shape index (κ1) is 21.0. The lowest BCUT2D eigenvalue weighted by Gasteiger charge is -2.19. The number of carbonyl (C=O) groups is 1. The predicted octanol–water partition coefficient (Wildman–Crippen LogP) is 6.27. The zero-order valence-electron chi connectivity index (χ0n) is 17.7. The first-order chi connectivity index (χ1) is 16.2. The molecule has 0 aliphatic heterocycles. The molecule has 5 aromatic rings. The summed E-state index contributed by atoms with van der Waals surface area (Å²) in [6, 6.07) is 28.2. The number of pyridine rings is 1. The molecule has 0 radical (unpaired) electrons. The Kier molecular flexibility index (Phi) is 5.91. The molecule has 0 saturated carbocycles. The summed E-state index contributed by atoms with van der Waals surface area (Å²) in [5, 5.41) is 0.534. The zero-order valence-corrected chi connectivity index (χ0v) is 18.5. The second kappa shape index (κ2) is 9.30. The summed E-state index contributed by atoms with van der Waals surface area (Å²) >= 11 is 1.30. The lowest BCUT2D eigenvalue weighted by Crippen LogP contribution is -2.32. The summed E-state index contributed by atoms with van der Waals surface area (Å²) in [5.74, 6) is -0.411. The molecule has 6 heteroatoms. The van der Waals surface area contributed by atoms with Gasteiger partial charge in [0, 0.05) is 6.20 Å². The van der Waals surface area contributed by atoms with Crippen molar-refractivity contribution in [3.05, 3.63) is 114 Å². The van der Waals surface area contributed by atoms with E-state index in [0.717, 1.165) is 22.4 Å². The van der Waals surface area contributed by atoms with Crippen molar-refractivity contribution < 1.29 is 9.18 Å². The van der Waals surface area contributed by atoms with Crippen molar-refractivity contribution in [1.29, 1.82) is 0 Å². The maximum Gasteiger partial charge on any atom is 0.233 e. The van der Waals surface area contributed by atoms with Crippen molar-refractivity contribution in [2.75, 3.05) is 4.90 Å². The van der Waals surface area contributed by atoms with Crippen LogP contribution in [0, 0.1) is 5.82 Å². The van der Waals surface area contributed by atoms with Crippen molar-refractivity contribution in [2.45, 2.75) is 13.0 Å². The SMILES string of the molecule is O=C(Cc1ccc(-c2ccccc2)cc1)N(Cc1ccccn1)c1nc2ccc(F)cc2s1. The summed E-state index contributed by atoms with van der Waals surface area (Å²) in [7, 11) is 0. The first-order valence-corrected chi connectivity index (χ1v) is 11.4. The van der Waals surface area contributed by atoms with Crippen LogP contribution in [0.1, 0.15) is 11.3 Å². The van der Waals surface area contributed by atoms with Crippen LogP contribution >= 0.6 is 11.3 Å². The Hall–Kier alpha value is -3.90. The predicted molar refractivity (Wildman–Crippen MR) is 131 cm³/mol. The molecular formula is C27H20FN3OS. The van der Waals surface area contributed by atoms with Gasteiger partial charge in [0.15, 0.2) is 5.13 Å². The van der Waals surface area contributed by atoms with Gasteiger partial charge in [-0.15, -0.1) is 0 Å². The van der Waals surface area contributed by atoms with E-state index in [2.05, 4.69) is 22.1 Å². The Bertz CT molecular complexity index is 1390. The standard InChI is InChI=1S/C27H20FN3OS/c28-22-13-14-24-25(17-22)33-27(30-24)31(18-23-8-4-5-15-29-23)26(32)16-19-9-11-21(12-10-19)20-6-2-1-3-7-20/h1-15,17H,16,18H2. The second-order valence-corrected chi connectivity index (χ2v) is 8.66. The maximum absolute atomic E-state index is 13.7. The maximum atomic E-state index is 13.7. The minimum absolute atomic E-state index is 0.0901. The van der Waals surface area contributed by atoms with E-state index in [0.29, 0.717) is 21.9 Å². The topological polar surface area (TPSA) is 46.1 Å². The molecule has 0 N–H and O–H groups in total. The summed E-state index contributed by atoms with van der Waals surface area (Å²) in [5.41, 5.74) is 4.58. The summed E-state index contributed by atoms with van der Waals surface area (Å²) in [4.78, 5) is 24.0. The minimum Gasteiger partial charge on any atom is -0.282 e. The molecule has 33 heavy (non-hydrogen) atoms. The number of hydrogen-bond donors (Lipinski definition) is 0. The van der Waals surface area contributed by atoms with E-state index in [-0.39, 0.29) is 18.1 Å². The number of rotatable bonds is 6. The van der Waals surface area contributed by atoms with Crippen LogP contribution in [0.3, 0.4) is 0 Å². The fourth-order valence-corrected chi connectivity index (χ4v) is 4.64. The molecular weight excluding hydrogens is 433 g/mol. The third-order valence-corrected chi connectivity index (χ3v) is 6.37. The van der Waals surface area contributed by atoms with Crippen molar-refractivity contribution in [1.82, 2.24) is 9.97 Å². The van der Waals surface area contributed by atoms with Crippen LogP contribution < -0.4 is 4.90 Å². The van der Waals surface area contributed by atoms with E-state index in [4.69, 9.17) is 0 Å². The van der Waals surface area contributed by atoms with E-state index >= 15 is 0 Å². The molecule has 162 valence electrons. The molecule has 0 unspecified atom stereocenters. The third-order valence-electron chi connectivity index (χ3n) is 5.33. The Balaban J connectivity index is 1.42. The first-order valence-electron chi connectivity index (χ1n) is 10.6. The number of benzene rings is 3. The van der Waals surface area contributed by atoms with Crippen LogP contribution in [-0.2, 0) is 17.8 Å². The van der Waals surface area contributed by atoms with Gasteiger partial charge in [0.2, 0.25) is 5.91 Å². The third kappa shape index (κ3) is 4.81. The van der Waals surface area contributed by atoms with E-state index in [1.807, 2.05) is 60.7 Å². The van der Waals surface area contributed by atoms with Gasteiger partial charge in [-0.3, -0.25) is 14.7 Å². The Morgan fingerprint density at radius 3 is 2.39 bits per heavy atom. The largest absolute Gasteiger partial charge is 0.282 e. The molecule has 5 rings (SSSR count). The van der Waals surface area contributed by atoms with Crippen molar-refractivity contribution in [3.63, 3.8) is 0 Å². The minimum atomic E-state index is -0.321. The van der Waals surface area contributed by atoms with Gasteiger partial charge in [-0.05, 0) is 47.0 Å². The summed E-state index contributed by atoms with van der Waals surface area (Å²) in [6.45, 7) is 0.296. The Morgan fingerprint density at radius 1 is 0.879 bits per heavy atom. The number of carbonyl (C=O) groups excluding carboxylic acids is 1. The van der Waals surface area contributed by atoms with Gasteiger partial charge in [-0.25, -0.2) is 9.37 Å². The quantitative estimate of drug-likeness (QED) is 0.304. The fraction of sp³-hybridized carbons (Fsp3) is 0.0741. The zero-order chi connectivity index (χ0) is 22.6. The van der Waals surface area contributed by atoms with Crippen LogP contribution in [0.5, 0.6) is 0 Å². The van der Waals surface area contributed by atoms with Gasteiger partial charge in [0.1, 0.15) is 5.82 Å². The highest BCUT2D eigenvalue weighted by Gasteiger charge is 2.21. The number of amides is 1. The van der Waals surface area contributed by atoms with Gasteiger partial charge in [0.05, 0.1) is 28.9 Å². The molecule has 0 saturated heterocycles. The molecule has 2 heterocycles. The molecule has 0 atom stereocenters. The van der Waals surface area contributed by atoms with Crippen molar-refractivity contribution in [3.8, 4) is 11.1 Å². The molecule has 1 amide bonds. The van der Waals surface area contributed by atoms with E-state index in [1.54, 1.807) is 17.2 Å². The molecule has 3 aromatic carbocycles. The van der Waals surface area contributed by atoms with E-state index in [9.17, 15) is 9.18 Å². The summed E-state index contributed by atoms with van der Waals surface area (Å²) < 4.78 is 14.4. The molecule has 4 nitrogen and oxygen atoms in total. The highest BCUT2D eigenvalue weighted by atomic mass is 32.1. The number of nitrogens with zero attached hydrogens (tertiary/aromatic N) is 3. The van der Waals surface area contributed by atoms with Crippen molar-refractivity contribution >= 4 is 32.6 Å². The van der Waals surface area contributed by atoms with Gasteiger partial charge < -0.3 is 0 Å². The van der Waals surface area contributed by atoms with Gasteiger partial charge in [-0.2, -0.15) is 0 Å². The normalized spacial score (nSPS) is 10.9. The molecule has 0 bridgehead atoms. The number of hydrogen-bond acceptors (Lipinski definition) is 4. The number of anilines is 1. The average molecular weight is 454 g/mol. The van der Waals surface area contributed by atoms with Gasteiger partial charge >= 0.3 is 0 Å². The number of halogens is 1. The monoisotopic (exact) mass is 453 g/mol. The van der Waals surface area contributed by atoms with Crippen LogP contribution in [-0.4, -0.2) is 15.9 Å². The van der Waals surface area contributed by atoms with E-state index < -0.39 is 0 Å². The molecule has 0 aliphatic carbocycles. The Morgan fingerprint density at radius 2 is 1.64 bits per heavy atom. The van der Waals surface area contributed by atoms with Crippen molar-refractivity contribution in [2.24, 2.45) is 0 Å². The van der Waals surface area contributed by atoms with Gasteiger partial charge in [0.25, 0.3) is 0 Å². The average Bonchev–Trinajstić information content (AvgIpc) is 3.27. The van der Waals surface area contributed by atoms with Crippen LogP contribution in [0.25, 0.3) is 21.3 Å². The van der Waals surface area contributed by atoms with Crippen LogP contribution in [0.2, 0.25) is 0 Å². The summed E-state index contributed by atoms with van der Waals surface area (Å²) in [6.07, 6.45) is 1.93. The lowest BCUT2D eigenvalue weighted by atomic mass is 10.0. The number of thiazole rings is 1. The highest BCUT2D eigenvalue weighted by Crippen LogP contribution is 2.31.